The number of hydrogen-bond donors (Lipinski definition) is 9. The number of nitrogens with one attached hydrogen (secondary N) is 3. The number of nitrogens with zero attached hydrogens (tertiary/aromatic N) is 2. The molecule has 0 bridgehead atoms. The average Bonchev–Trinajstić information content (AvgIpc) is 3.42. The number of rotatable bonds is 18. The van der Waals surface area contributed by atoms with Gasteiger partial charge < -0.3 is 54.0 Å². The Kier molecular flexibility index (Phi) is 15.8. The number of guanidine groups is 1. The fourth-order valence-electron chi connectivity index (χ4n) is 4.38. The smallest absolute Gasteiger partial charge is 0.326 e. The molecular weight excluding hydrogens is 550 g/mol. The van der Waals surface area contributed by atoms with Crippen molar-refractivity contribution in [3.8, 4) is 0 Å². The summed E-state index contributed by atoms with van der Waals surface area (Å²) in [5.74, 6) is -3.54. The van der Waals surface area contributed by atoms with Crippen LogP contribution in [0.5, 0.6) is 0 Å². The van der Waals surface area contributed by atoms with Crippen molar-refractivity contribution in [2.24, 2.45) is 33.8 Å². The van der Waals surface area contributed by atoms with Crippen LogP contribution in [0.15, 0.2) is 4.99 Å². The minimum Gasteiger partial charge on any atom is -0.480 e. The molecule has 1 saturated heterocycles. The van der Waals surface area contributed by atoms with Gasteiger partial charge in [-0.3, -0.25) is 24.2 Å². The number of carboxylic acid groups (broad SMARTS) is 1. The van der Waals surface area contributed by atoms with Crippen LogP contribution < -0.4 is 38.9 Å². The lowest BCUT2D eigenvalue weighted by molar-refractivity contribution is -0.145. The fourth-order valence-corrected chi connectivity index (χ4v) is 4.38. The molecule has 0 spiro atoms. The topological polar surface area (TPSA) is 282 Å². The van der Waals surface area contributed by atoms with Crippen LogP contribution in [0.1, 0.15) is 65.7 Å². The van der Waals surface area contributed by atoms with E-state index in [1.54, 1.807) is 0 Å². The maximum absolute atomic E-state index is 13.6. The molecule has 0 aromatic carbocycles. The van der Waals surface area contributed by atoms with Gasteiger partial charge in [0.05, 0.1) is 12.1 Å². The van der Waals surface area contributed by atoms with Crippen molar-refractivity contribution in [1.82, 2.24) is 20.9 Å². The molecule has 0 aliphatic carbocycles. The maximum atomic E-state index is 13.6. The van der Waals surface area contributed by atoms with Gasteiger partial charge in [-0.05, 0) is 57.8 Å². The highest BCUT2D eigenvalue weighted by Crippen LogP contribution is 2.20. The predicted molar refractivity (Wildman–Crippen MR) is 155 cm³/mol. The lowest BCUT2D eigenvalue weighted by Crippen LogP contribution is -2.57. The van der Waals surface area contributed by atoms with E-state index in [4.69, 9.17) is 22.9 Å². The lowest BCUT2D eigenvalue weighted by atomic mass is 10.0. The van der Waals surface area contributed by atoms with Crippen LogP contribution >= 0.6 is 0 Å². The fraction of sp³-hybridized carbons (Fsp3) is 0.769. The van der Waals surface area contributed by atoms with Crippen molar-refractivity contribution < 1.29 is 34.2 Å². The number of carboxylic acids is 1. The standard InChI is InChI=1S/C26H49N9O7/c1-14(2)19(27)22(38)31-11-5-4-8-16(33-23(39)20(28)15(3)36)24(40)35-13-7-10-18(35)21(37)34-17(25(41)42)9-6-12-32-26(29)30/h14-20,36H,4-13,27-28H2,1-3H3,(H,31,38)(H,33,39)(H,34,37)(H,41,42)(H4,29,30,32)/t15-,16+,17+,18+,19+,20+/m1/s1. The third-order valence-electron chi connectivity index (χ3n) is 7.08. The summed E-state index contributed by atoms with van der Waals surface area (Å²) in [5, 5.41) is 27.1. The summed E-state index contributed by atoms with van der Waals surface area (Å²) < 4.78 is 0. The molecule has 1 aliphatic heterocycles. The molecule has 0 aromatic heterocycles. The highest BCUT2D eigenvalue weighted by atomic mass is 16.4. The molecule has 4 amide bonds. The van der Waals surface area contributed by atoms with E-state index in [1.807, 2.05) is 13.8 Å². The maximum Gasteiger partial charge on any atom is 0.326 e. The van der Waals surface area contributed by atoms with Crippen molar-refractivity contribution in [3.05, 3.63) is 0 Å². The Bertz CT molecular complexity index is 956. The molecule has 240 valence electrons. The number of aliphatic hydroxyl groups is 1. The summed E-state index contributed by atoms with van der Waals surface area (Å²) in [5.41, 5.74) is 22.2. The first-order chi connectivity index (χ1) is 19.7. The molecule has 1 fully saturated rings. The molecule has 0 unspecified atom stereocenters. The quantitative estimate of drug-likeness (QED) is 0.0436. The van der Waals surface area contributed by atoms with E-state index in [2.05, 4.69) is 20.9 Å². The Hall–Kier alpha value is -3.50. The first kappa shape index (κ1) is 36.5. The van der Waals surface area contributed by atoms with E-state index < -0.39 is 60.0 Å². The van der Waals surface area contributed by atoms with Gasteiger partial charge in [-0.15, -0.1) is 0 Å². The van der Waals surface area contributed by atoms with Crippen LogP contribution in [-0.4, -0.2) is 107 Å². The summed E-state index contributed by atoms with van der Waals surface area (Å²) >= 11 is 0. The van der Waals surface area contributed by atoms with Crippen LogP contribution in [0.25, 0.3) is 0 Å². The van der Waals surface area contributed by atoms with Crippen molar-refractivity contribution in [1.29, 1.82) is 0 Å². The SMILES string of the molecule is CC(C)[C@H](N)C(=O)NCCCC[C@H](NC(=O)[C@@H](N)[C@@H](C)O)C(=O)N1CCC[C@H]1C(=O)N[C@@H](CCCN=C(N)N)C(=O)O. The Balaban J connectivity index is 2.91. The zero-order chi connectivity index (χ0) is 32.0. The first-order valence-electron chi connectivity index (χ1n) is 14.3. The molecular formula is C26H49N9O7. The first-order valence-corrected chi connectivity index (χ1v) is 14.3. The average molecular weight is 600 g/mol. The van der Waals surface area contributed by atoms with Crippen molar-refractivity contribution >= 4 is 35.6 Å². The number of amides is 4. The second-order valence-electron chi connectivity index (χ2n) is 10.9. The molecule has 42 heavy (non-hydrogen) atoms. The highest BCUT2D eigenvalue weighted by molar-refractivity contribution is 5.94. The zero-order valence-corrected chi connectivity index (χ0v) is 24.8. The van der Waals surface area contributed by atoms with Gasteiger partial charge in [-0.2, -0.15) is 0 Å². The minimum atomic E-state index is -1.27. The van der Waals surface area contributed by atoms with Crippen LogP contribution in [-0.2, 0) is 24.0 Å². The molecule has 0 aromatic rings. The monoisotopic (exact) mass is 599 g/mol. The van der Waals surface area contributed by atoms with Gasteiger partial charge in [0, 0.05) is 19.6 Å². The van der Waals surface area contributed by atoms with Crippen LogP contribution in [0, 0.1) is 5.92 Å². The van der Waals surface area contributed by atoms with Gasteiger partial charge in [0.15, 0.2) is 5.96 Å². The van der Waals surface area contributed by atoms with E-state index >= 15 is 0 Å². The van der Waals surface area contributed by atoms with Gasteiger partial charge in [-0.25, -0.2) is 4.79 Å². The van der Waals surface area contributed by atoms with Crippen LogP contribution in [0.4, 0.5) is 0 Å². The third-order valence-corrected chi connectivity index (χ3v) is 7.08. The molecule has 1 heterocycles. The van der Waals surface area contributed by atoms with E-state index in [9.17, 15) is 34.2 Å². The van der Waals surface area contributed by atoms with E-state index in [0.717, 1.165) is 0 Å². The van der Waals surface area contributed by atoms with E-state index in [-0.39, 0.29) is 43.7 Å². The van der Waals surface area contributed by atoms with Crippen LogP contribution in [0.3, 0.4) is 0 Å². The van der Waals surface area contributed by atoms with Gasteiger partial charge in [0.25, 0.3) is 0 Å². The molecule has 16 heteroatoms. The Labute approximate surface area is 246 Å². The summed E-state index contributed by atoms with van der Waals surface area (Å²) in [7, 11) is 0. The molecule has 0 radical (unpaired) electrons. The molecule has 13 N–H and O–H groups in total. The molecule has 6 atom stereocenters. The number of carbonyl (C=O) groups excluding carboxylic acids is 4. The number of unbranched alkanes of at least 4 members (excludes halogenated alkanes) is 1. The van der Waals surface area contributed by atoms with Gasteiger partial charge >= 0.3 is 5.97 Å². The van der Waals surface area contributed by atoms with E-state index in [0.29, 0.717) is 38.6 Å². The molecule has 0 saturated carbocycles. The second kappa shape index (κ2) is 18.1. The van der Waals surface area contributed by atoms with Crippen LogP contribution in [0.2, 0.25) is 0 Å². The number of hydrogen-bond acceptors (Lipinski definition) is 9. The normalized spacial score (nSPS) is 18.4. The number of aliphatic carboxylic acids is 1. The minimum absolute atomic E-state index is 0.0265. The number of aliphatic imine (C=N–C) groups is 1. The molecule has 16 nitrogen and oxygen atoms in total. The van der Waals surface area contributed by atoms with Crippen molar-refractivity contribution in [2.75, 3.05) is 19.6 Å². The second-order valence-corrected chi connectivity index (χ2v) is 10.9. The molecule has 1 rings (SSSR count). The van der Waals surface area contributed by atoms with Gasteiger partial charge in [0.2, 0.25) is 23.6 Å². The lowest BCUT2D eigenvalue weighted by Gasteiger charge is -2.30. The third kappa shape index (κ3) is 12.2. The summed E-state index contributed by atoms with van der Waals surface area (Å²) in [6, 6.07) is -5.11. The highest BCUT2D eigenvalue weighted by Gasteiger charge is 2.39. The number of likely N-dealkylation sites (tertiary alicyclic amines) is 1. The number of nitrogens with two attached hydrogens (primary N) is 4. The number of carbonyl (C=O) groups is 5. The Morgan fingerprint density at radius 2 is 1.57 bits per heavy atom. The summed E-state index contributed by atoms with van der Waals surface area (Å²) in [4.78, 5) is 68.3. The van der Waals surface area contributed by atoms with Gasteiger partial charge in [-0.1, -0.05) is 13.8 Å². The number of aliphatic hydroxyl groups excluding tert-OH is 1. The Morgan fingerprint density at radius 3 is 2.14 bits per heavy atom. The van der Waals surface area contributed by atoms with Crippen molar-refractivity contribution in [3.63, 3.8) is 0 Å². The van der Waals surface area contributed by atoms with E-state index in [1.165, 1.54) is 11.8 Å². The zero-order valence-electron chi connectivity index (χ0n) is 24.8. The van der Waals surface area contributed by atoms with Crippen molar-refractivity contribution in [2.45, 2.75) is 102 Å². The molecule has 1 aliphatic rings. The summed E-state index contributed by atoms with van der Waals surface area (Å²) in [6.45, 7) is 5.77. The predicted octanol–water partition coefficient (Wildman–Crippen LogP) is -2.94. The summed E-state index contributed by atoms with van der Waals surface area (Å²) in [6.07, 6.45) is 1.14. The Morgan fingerprint density at radius 1 is 0.929 bits per heavy atom. The largest absolute Gasteiger partial charge is 0.480 e. The van der Waals surface area contributed by atoms with Gasteiger partial charge in [0.1, 0.15) is 24.2 Å².